The number of rotatable bonds is 5. The third-order valence-electron chi connectivity index (χ3n) is 2.98. The highest BCUT2D eigenvalue weighted by atomic mass is 32.1. The molecule has 0 aliphatic heterocycles. The van der Waals surface area contributed by atoms with Gasteiger partial charge in [-0.2, -0.15) is 0 Å². The molecule has 0 saturated carbocycles. The average Bonchev–Trinajstić information content (AvgIpc) is 3.05. The van der Waals surface area contributed by atoms with E-state index in [1.807, 2.05) is 36.6 Å². The standard InChI is InChI=1S/C16H14N4O2S/c1-2-22-12-5-3-11(4-6-12)14-10-23-16(19-14)20-15(21)13-9-17-7-8-18-13/h3-10H,2H2,1H3,(H,19,20,21). The Morgan fingerprint density at radius 3 is 2.78 bits per heavy atom. The summed E-state index contributed by atoms with van der Waals surface area (Å²) in [4.78, 5) is 24.3. The fourth-order valence-electron chi connectivity index (χ4n) is 1.93. The van der Waals surface area contributed by atoms with Gasteiger partial charge in [0.1, 0.15) is 11.4 Å². The van der Waals surface area contributed by atoms with Crippen molar-refractivity contribution < 1.29 is 9.53 Å². The van der Waals surface area contributed by atoms with Crippen LogP contribution in [0.5, 0.6) is 5.75 Å². The molecular weight excluding hydrogens is 312 g/mol. The summed E-state index contributed by atoms with van der Waals surface area (Å²) in [5.41, 5.74) is 2.02. The SMILES string of the molecule is CCOc1ccc(-c2csc(NC(=O)c3cnccn3)n2)cc1. The van der Waals surface area contributed by atoms with Gasteiger partial charge >= 0.3 is 0 Å². The number of amides is 1. The molecule has 3 aromatic rings. The predicted octanol–water partition coefficient (Wildman–Crippen LogP) is 3.25. The normalized spacial score (nSPS) is 10.3. The number of thiazole rings is 1. The fourth-order valence-corrected chi connectivity index (χ4v) is 2.64. The molecule has 0 aliphatic carbocycles. The lowest BCUT2D eigenvalue weighted by molar-refractivity contribution is 0.102. The molecule has 1 N–H and O–H groups in total. The lowest BCUT2D eigenvalue weighted by Gasteiger charge is -2.03. The van der Waals surface area contributed by atoms with Crippen molar-refractivity contribution in [2.75, 3.05) is 11.9 Å². The molecule has 23 heavy (non-hydrogen) atoms. The van der Waals surface area contributed by atoms with Crippen LogP contribution in [-0.4, -0.2) is 27.5 Å². The smallest absolute Gasteiger partial charge is 0.277 e. The molecule has 0 aliphatic rings. The van der Waals surface area contributed by atoms with Crippen molar-refractivity contribution in [1.82, 2.24) is 15.0 Å². The van der Waals surface area contributed by atoms with Crippen molar-refractivity contribution in [2.45, 2.75) is 6.92 Å². The Morgan fingerprint density at radius 1 is 1.26 bits per heavy atom. The summed E-state index contributed by atoms with van der Waals surface area (Å²) < 4.78 is 5.42. The first kappa shape index (κ1) is 15.1. The number of aromatic nitrogens is 3. The van der Waals surface area contributed by atoms with Gasteiger partial charge in [-0.3, -0.25) is 15.1 Å². The molecule has 0 atom stereocenters. The van der Waals surface area contributed by atoms with E-state index < -0.39 is 0 Å². The van der Waals surface area contributed by atoms with Crippen molar-refractivity contribution in [1.29, 1.82) is 0 Å². The number of anilines is 1. The minimum atomic E-state index is -0.328. The third kappa shape index (κ3) is 3.70. The largest absolute Gasteiger partial charge is 0.494 e. The molecule has 3 rings (SSSR count). The van der Waals surface area contributed by atoms with Gasteiger partial charge in [0, 0.05) is 23.3 Å². The first-order chi connectivity index (χ1) is 11.3. The number of hydrogen-bond donors (Lipinski definition) is 1. The Labute approximate surface area is 137 Å². The quantitative estimate of drug-likeness (QED) is 0.779. The van der Waals surface area contributed by atoms with E-state index in [2.05, 4.69) is 20.3 Å². The van der Waals surface area contributed by atoms with Crippen molar-refractivity contribution in [2.24, 2.45) is 0 Å². The lowest BCUT2D eigenvalue weighted by Crippen LogP contribution is -2.13. The molecule has 0 spiro atoms. The van der Waals surface area contributed by atoms with E-state index in [-0.39, 0.29) is 11.6 Å². The summed E-state index contributed by atoms with van der Waals surface area (Å²) in [7, 11) is 0. The summed E-state index contributed by atoms with van der Waals surface area (Å²) in [6.07, 6.45) is 4.41. The molecular formula is C16H14N4O2S. The van der Waals surface area contributed by atoms with Crippen LogP contribution in [0.4, 0.5) is 5.13 Å². The minimum Gasteiger partial charge on any atom is -0.494 e. The first-order valence-electron chi connectivity index (χ1n) is 7.02. The number of carbonyl (C=O) groups is 1. The maximum absolute atomic E-state index is 12.0. The van der Waals surface area contributed by atoms with E-state index in [1.165, 1.54) is 29.9 Å². The Morgan fingerprint density at radius 2 is 2.09 bits per heavy atom. The van der Waals surface area contributed by atoms with Crippen molar-refractivity contribution in [3.05, 3.63) is 53.9 Å². The van der Waals surface area contributed by atoms with E-state index in [4.69, 9.17) is 4.74 Å². The first-order valence-corrected chi connectivity index (χ1v) is 7.90. The zero-order valence-corrected chi connectivity index (χ0v) is 13.2. The molecule has 1 amide bonds. The zero-order chi connectivity index (χ0) is 16.1. The fraction of sp³-hybridized carbons (Fsp3) is 0.125. The Hall–Kier alpha value is -2.80. The lowest BCUT2D eigenvalue weighted by atomic mass is 10.2. The predicted molar refractivity (Wildman–Crippen MR) is 88.7 cm³/mol. The van der Waals surface area contributed by atoms with E-state index in [0.29, 0.717) is 11.7 Å². The summed E-state index contributed by atoms with van der Waals surface area (Å²) >= 11 is 1.36. The van der Waals surface area contributed by atoms with Crippen LogP contribution in [0.3, 0.4) is 0 Å². The van der Waals surface area contributed by atoms with Crippen LogP contribution in [0.25, 0.3) is 11.3 Å². The number of carbonyl (C=O) groups excluding carboxylic acids is 1. The molecule has 0 saturated heterocycles. The highest BCUT2D eigenvalue weighted by Gasteiger charge is 2.11. The molecule has 1 aromatic carbocycles. The van der Waals surface area contributed by atoms with Crippen LogP contribution >= 0.6 is 11.3 Å². The topological polar surface area (TPSA) is 77.0 Å². The van der Waals surface area contributed by atoms with Crippen molar-refractivity contribution in [3.63, 3.8) is 0 Å². The monoisotopic (exact) mass is 326 g/mol. The van der Waals surface area contributed by atoms with Gasteiger partial charge in [-0.15, -0.1) is 11.3 Å². The maximum atomic E-state index is 12.0. The second kappa shape index (κ2) is 6.97. The number of nitrogens with zero attached hydrogens (tertiary/aromatic N) is 3. The van der Waals surface area contributed by atoms with Gasteiger partial charge in [0.25, 0.3) is 5.91 Å². The van der Waals surface area contributed by atoms with Gasteiger partial charge in [-0.1, -0.05) is 0 Å². The number of nitrogens with one attached hydrogen (secondary N) is 1. The summed E-state index contributed by atoms with van der Waals surface area (Å²) in [6, 6.07) is 7.68. The van der Waals surface area contributed by atoms with Gasteiger partial charge in [0.2, 0.25) is 0 Å². The van der Waals surface area contributed by atoms with Gasteiger partial charge < -0.3 is 4.74 Å². The van der Waals surface area contributed by atoms with Crippen LogP contribution < -0.4 is 10.1 Å². The van der Waals surface area contributed by atoms with E-state index >= 15 is 0 Å². The molecule has 0 fully saturated rings. The molecule has 0 bridgehead atoms. The van der Waals surface area contributed by atoms with Crippen LogP contribution in [0, 0.1) is 0 Å². The van der Waals surface area contributed by atoms with Gasteiger partial charge in [-0.25, -0.2) is 9.97 Å². The molecule has 0 unspecified atom stereocenters. The summed E-state index contributed by atoms with van der Waals surface area (Å²) in [5, 5.41) is 5.13. The third-order valence-corrected chi connectivity index (χ3v) is 3.74. The van der Waals surface area contributed by atoms with Crippen LogP contribution in [0.2, 0.25) is 0 Å². The minimum absolute atomic E-state index is 0.255. The molecule has 2 heterocycles. The summed E-state index contributed by atoms with van der Waals surface area (Å²) in [5.74, 6) is 0.494. The van der Waals surface area contributed by atoms with Gasteiger partial charge in [0.05, 0.1) is 18.5 Å². The van der Waals surface area contributed by atoms with E-state index in [0.717, 1.165) is 17.0 Å². The molecule has 116 valence electrons. The zero-order valence-electron chi connectivity index (χ0n) is 12.4. The molecule has 7 heteroatoms. The van der Waals surface area contributed by atoms with E-state index in [9.17, 15) is 4.79 Å². The van der Waals surface area contributed by atoms with Crippen LogP contribution in [0.1, 0.15) is 17.4 Å². The van der Waals surface area contributed by atoms with Crippen LogP contribution in [0.15, 0.2) is 48.2 Å². The maximum Gasteiger partial charge on any atom is 0.277 e. The molecule has 2 aromatic heterocycles. The van der Waals surface area contributed by atoms with E-state index in [1.54, 1.807) is 0 Å². The second-order valence-electron chi connectivity index (χ2n) is 4.54. The number of benzene rings is 1. The Balaban J connectivity index is 1.71. The Bertz CT molecular complexity index is 787. The van der Waals surface area contributed by atoms with Gasteiger partial charge in [0.15, 0.2) is 5.13 Å². The highest BCUT2D eigenvalue weighted by Crippen LogP contribution is 2.26. The molecule has 6 nitrogen and oxygen atoms in total. The summed E-state index contributed by atoms with van der Waals surface area (Å²) in [6.45, 7) is 2.58. The number of hydrogen-bond acceptors (Lipinski definition) is 6. The Kier molecular flexibility index (Phi) is 4.58. The molecule has 0 radical (unpaired) electrons. The second-order valence-corrected chi connectivity index (χ2v) is 5.40. The van der Waals surface area contributed by atoms with Crippen molar-refractivity contribution in [3.8, 4) is 17.0 Å². The number of ether oxygens (including phenoxy) is 1. The van der Waals surface area contributed by atoms with Crippen LogP contribution in [-0.2, 0) is 0 Å². The average molecular weight is 326 g/mol. The highest BCUT2D eigenvalue weighted by molar-refractivity contribution is 7.14. The van der Waals surface area contributed by atoms with Crippen molar-refractivity contribution >= 4 is 22.4 Å². The van der Waals surface area contributed by atoms with Gasteiger partial charge in [-0.05, 0) is 31.2 Å².